The van der Waals surface area contributed by atoms with Gasteiger partial charge in [-0.05, 0) is 12.1 Å². The predicted molar refractivity (Wildman–Crippen MR) is 46.0 cm³/mol. The van der Waals surface area contributed by atoms with Crippen LogP contribution in [0.3, 0.4) is 0 Å². The molecule has 1 aromatic carbocycles. The lowest BCUT2D eigenvalue weighted by Crippen LogP contribution is -2.10. The normalized spacial score (nSPS) is 10.2. The zero-order valence-electron chi connectivity index (χ0n) is 6.68. The largest absolute Gasteiger partial charge is 0.479 e. The lowest BCUT2D eigenvalue weighted by Gasteiger charge is -1.96. The monoisotopic (exact) mass is 177 g/mol. The van der Waals surface area contributed by atoms with Crippen LogP contribution in [0.25, 0.3) is 5.69 Å². The van der Waals surface area contributed by atoms with Gasteiger partial charge in [0.05, 0.1) is 11.8 Å². The first kappa shape index (κ1) is 7.67. The summed E-state index contributed by atoms with van der Waals surface area (Å²) in [7, 11) is 0. The highest BCUT2D eigenvalue weighted by Gasteiger charge is 2.04. The van der Waals surface area contributed by atoms with Crippen molar-refractivity contribution in [2.75, 3.05) is 0 Å². The number of nitrogens with zero attached hydrogens (tertiary/aromatic N) is 1. The van der Waals surface area contributed by atoms with Gasteiger partial charge in [-0.25, -0.2) is 0 Å². The van der Waals surface area contributed by atoms with E-state index in [9.17, 15) is 4.79 Å². The van der Waals surface area contributed by atoms with E-state index in [0.29, 0.717) is 5.69 Å². The zero-order chi connectivity index (χ0) is 9.26. The molecule has 0 aliphatic rings. The molecule has 0 spiro atoms. The Morgan fingerprint density at radius 3 is 2.46 bits per heavy atom. The van der Waals surface area contributed by atoms with Crippen molar-refractivity contribution >= 4 is 0 Å². The van der Waals surface area contributed by atoms with Gasteiger partial charge in [0.2, 0.25) is 0 Å². The molecule has 0 aliphatic carbocycles. The number of aromatic hydroxyl groups is 1. The van der Waals surface area contributed by atoms with Gasteiger partial charge in [0, 0.05) is 0 Å². The summed E-state index contributed by atoms with van der Waals surface area (Å²) in [6, 6.07) is 9.84. The summed E-state index contributed by atoms with van der Waals surface area (Å²) in [5.41, 5.74) is 0.205. The smallest absolute Gasteiger partial charge is 0.310 e. The number of benzene rings is 1. The van der Waals surface area contributed by atoms with E-state index in [2.05, 4.69) is 0 Å². The average molecular weight is 177 g/mol. The van der Waals surface area contributed by atoms with Crippen LogP contribution >= 0.6 is 0 Å². The number of rotatable bonds is 1. The number of para-hydroxylation sites is 1. The summed E-state index contributed by atoms with van der Waals surface area (Å²) >= 11 is 0. The summed E-state index contributed by atoms with van der Waals surface area (Å²) in [5, 5.41) is 8.91. The second kappa shape index (κ2) is 2.82. The third-order valence-corrected chi connectivity index (χ3v) is 1.62. The number of hydrogen-bond acceptors (Lipinski definition) is 3. The molecule has 1 N–H and O–H groups in total. The second-order valence-electron chi connectivity index (χ2n) is 2.54. The first-order chi connectivity index (χ1) is 6.27. The van der Waals surface area contributed by atoms with Gasteiger partial charge in [-0.2, -0.15) is 0 Å². The Morgan fingerprint density at radius 1 is 1.23 bits per heavy atom. The van der Waals surface area contributed by atoms with E-state index in [0.717, 1.165) is 10.8 Å². The second-order valence-corrected chi connectivity index (χ2v) is 2.54. The molecule has 0 unspecified atom stereocenters. The Kier molecular flexibility index (Phi) is 1.66. The summed E-state index contributed by atoms with van der Waals surface area (Å²) in [4.78, 5) is 11.1. The third-order valence-electron chi connectivity index (χ3n) is 1.62. The van der Waals surface area contributed by atoms with Crippen molar-refractivity contribution in [3.8, 4) is 11.6 Å². The van der Waals surface area contributed by atoms with Crippen LogP contribution in [0.5, 0.6) is 5.95 Å². The average Bonchev–Trinajstić information content (AvgIpc) is 2.47. The van der Waals surface area contributed by atoms with E-state index in [1.165, 1.54) is 0 Å². The highest BCUT2D eigenvalue weighted by Crippen LogP contribution is 2.09. The molecule has 2 aromatic rings. The zero-order valence-corrected chi connectivity index (χ0v) is 6.68. The van der Waals surface area contributed by atoms with Crippen molar-refractivity contribution in [3.63, 3.8) is 0 Å². The van der Waals surface area contributed by atoms with Crippen molar-refractivity contribution < 1.29 is 9.63 Å². The lowest BCUT2D eigenvalue weighted by atomic mass is 10.3. The minimum Gasteiger partial charge on any atom is -0.479 e. The van der Waals surface area contributed by atoms with E-state index in [1.807, 2.05) is 6.07 Å². The van der Waals surface area contributed by atoms with Gasteiger partial charge in [0.25, 0.3) is 5.56 Å². The van der Waals surface area contributed by atoms with Crippen LogP contribution in [-0.4, -0.2) is 9.85 Å². The van der Waals surface area contributed by atoms with E-state index >= 15 is 0 Å². The number of hydrogen-bond donors (Lipinski definition) is 1. The van der Waals surface area contributed by atoms with Gasteiger partial charge in [0.15, 0.2) is 0 Å². The molecule has 4 nitrogen and oxygen atoms in total. The molecule has 1 aromatic heterocycles. The molecule has 0 amide bonds. The first-order valence-corrected chi connectivity index (χ1v) is 3.75. The van der Waals surface area contributed by atoms with Crippen LogP contribution in [0.2, 0.25) is 0 Å². The van der Waals surface area contributed by atoms with Crippen molar-refractivity contribution in [2.45, 2.75) is 0 Å². The Bertz CT molecular complexity index is 455. The quantitative estimate of drug-likeness (QED) is 0.710. The summed E-state index contributed by atoms with van der Waals surface area (Å²) in [5.74, 6) is -0.381. The molecule has 4 heteroatoms. The molecule has 2 rings (SSSR count). The lowest BCUT2D eigenvalue weighted by molar-refractivity contribution is 0.240. The maximum atomic E-state index is 11.1. The molecule has 1 heterocycles. The van der Waals surface area contributed by atoms with Crippen LogP contribution in [0.1, 0.15) is 0 Å². The van der Waals surface area contributed by atoms with Crippen LogP contribution in [0.15, 0.2) is 45.7 Å². The van der Waals surface area contributed by atoms with Crippen molar-refractivity contribution in [2.24, 2.45) is 0 Å². The molecular weight excluding hydrogens is 170 g/mol. The maximum absolute atomic E-state index is 11.1. The van der Waals surface area contributed by atoms with Crippen LogP contribution < -0.4 is 5.56 Å². The topological polar surface area (TPSA) is 55.4 Å². The standard InChI is InChI=1S/C9H7NO3/c11-8-6-9(12)13-10(8)7-4-2-1-3-5-7/h1-6,12H. The predicted octanol–water partition coefficient (Wildman–Crippen LogP) is 1.14. The first-order valence-electron chi connectivity index (χ1n) is 3.75. The van der Waals surface area contributed by atoms with E-state index in [-0.39, 0.29) is 11.5 Å². The van der Waals surface area contributed by atoms with Gasteiger partial charge < -0.3 is 9.63 Å². The molecule has 0 bridgehead atoms. The van der Waals surface area contributed by atoms with Crippen molar-refractivity contribution in [1.29, 1.82) is 0 Å². The van der Waals surface area contributed by atoms with Gasteiger partial charge in [-0.15, -0.1) is 4.74 Å². The fraction of sp³-hybridized carbons (Fsp3) is 0. The fourth-order valence-corrected chi connectivity index (χ4v) is 1.07. The molecule has 0 saturated carbocycles. The van der Waals surface area contributed by atoms with Crippen LogP contribution in [0, 0.1) is 0 Å². The van der Waals surface area contributed by atoms with Gasteiger partial charge in [-0.1, -0.05) is 18.2 Å². The third kappa shape index (κ3) is 1.33. The van der Waals surface area contributed by atoms with Crippen LogP contribution in [0.4, 0.5) is 0 Å². The minimum absolute atomic E-state index is 0.381. The molecule has 66 valence electrons. The summed E-state index contributed by atoms with van der Waals surface area (Å²) in [6.07, 6.45) is 0. The highest BCUT2D eigenvalue weighted by atomic mass is 16.6. The van der Waals surface area contributed by atoms with Crippen LogP contribution in [-0.2, 0) is 0 Å². The molecule has 13 heavy (non-hydrogen) atoms. The highest BCUT2D eigenvalue weighted by molar-refractivity contribution is 5.29. The Balaban J connectivity index is 2.59. The molecule has 0 radical (unpaired) electrons. The SMILES string of the molecule is O=c1cc(O)on1-c1ccccc1. The summed E-state index contributed by atoms with van der Waals surface area (Å²) in [6.45, 7) is 0. The minimum atomic E-state index is -0.385. The van der Waals surface area contributed by atoms with Crippen molar-refractivity contribution in [1.82, 2.24) is 4.74 Å². The Morgan fingerprint density at radius 2 is 1.92 bits per heavy atom. The number of aromatic nitrogens is 1. The molecule has 0 saturated heterocycles. The van der Waals surface area contributed by atoms with Gasteiger partial charge in [-0.3, -0.25) is 4.79 Å². The van der Waals surface area contributed by atoms with Gasteiger partial charge >= 0.3 is 5.95 Å². The fourth-order valence-electron chi connectivity index (χ4n) is 1.07. The molecule has 0 fully saturated rings. The van der Waals surface area contributed by atoms with Crippen molar-refractivity contribution in [3.05, 3.63) is 46.8 Å². The van der Waals surface area contributed by atoms with E-state index < -0.39 is 0 Å². The van der Waals surface area contributed by atoms with Gasteiger partial charge in [0.1, 0.15) is 0 Å². The maximum Gasteiger partial charge on any atom is 0.310 e. The summed E-state index contributed by atoms with van der Waals surface area (Å²) < 4.78 is 5.78. The van der Waals surface area contributed by atoms with E-state index in [4.69, 9.17) is 9.63 Å². The van der Waals surface area contributed by atoms with E-state index in [1.54, 1.807) is 24.3 Å². The molecular formula is C9H7NO3. The Labute approximate surface area is 73.6 Å². The molecule has 0 aliphatic heterocycles. The Hall–Kier alpha value is -1.97. The molecule has 0 atom stereocenters.